The second-order valence-electron chi connectivity index (χ2n) is 5.96. The van der Waals surface area contributed by atoms with E-state index in [0.29, 0.717) is 22.1 Å². The average molecular weight is 387 g/mol. The Hall–Kier alpha value is -2.90. The number of carbonyl (C=O) groups excluding carboxylic acids is 1. The molecule has 1 aromatic heterocycles. The van der Waals surface area contributed by atoms with Crippen molar-refractivity contribution in [3.63, 3.8) is 0 Å². The van der Waals surface area contributed by atoms with Gasteiger partial charge in [-0.3, -0.25) is 9.36 Å². The summed E-state index contributed by atoms with van der Waals surface area (Å²) in [6.07, 6.45) is 0. The van der Waals surface area contributed by atoms with Gasteiger partial charge in [0.2, 0.25) is 5.91 Å². The third kappa shape index (κ3) is 3.94. The van der Waals surface area contributed by atoms with Crippen molar-refractivity contribution < 1.29 is 9.90 Å². The van der Waals surface area contributed by atoms with E-state index in [4.69, 9.17) is 16.7 Å². The standard InChI is InChI=1S/C19H19ClN4O3/c1-22(11-12-25)17(26)13-23-18(14-7-3-2-4-8-14)21-24(19(23)27)16-10-6-5-9-15(16)20/h2-10,25H,11-13H2,1H3. The summed E-state index contributed by atoms with van der Waals surface area (Å²) in [6, 6.07) is 16.0. The number of aliphatic hydroxyl groups is 1. The Labute approximate surface area is 161 Å². The largest absolute Gasteiger partial charge is 0.395 e. The van der Waals surface area contributed by atoms with Gasteiger partial charge in [0.25, 0.3) is 0 Å². The first-order valence-corrected chi connectivity index (χ1v) is 8.75. The van der Waals surface area contributed by atoms with Gasteiger partial charge in [0.15, 0.2) is 5.82 Å². The van der Waals surface area contributed by atoms with Crippen LogP contribution in [0.2, 0.25) is 5.02 Å². The van der Waals surface area contributed by atoms with Crippen molar-refractivity contribution in [2.75, 3.05) is 20.2 Å². The predicted octanol–water partition coefficient (Wildman–Crippen LogP) is 1.81. The van der Waals surface area contributed by atoms with Crippen LogP contribution in [-0.2, 0) is 11.3 Å². The van der Waals surface area contributed by atoms with E-state index in [9.17, 15) is 9.59 Å². The third-order valence-electron chi connectivity index (χ3n) is 4.13. The molecular formula is C19H19ClN4O3. The molecule has 0 saturated heterocycles. The van der Waals surface area contributed by atoms with Crippen LogP contribution in [0, 0.1) is 0 Å². The highest BCUT2D eigenvalue weighted by Crippen LogP contribution is 2.21. The Morgan fingerprint density at radius 1 is 1.15 bits per heavy atom. The maximum Gasteiger partial charge on any atom is 0.351 e. The van der Waals surface area contributed by atoms with Gasteiger partial charge in [0.1, 0.15) is 6.54 Å². The van der Waals surface area contributed by atoms with Crippen LogP contribution >= 0.6 is 11.6 Å². The lowest BCUT2D eigenvalue weighted by atomic mass is 10.2. The maximum atomic E-state index is 13.0. The molecule has 8 heteroatoms. The van der Waals surface area contributed by atoms with Gasteiger partial charge in [-0.25, -0.2) is 4.79 Å². The van der Waals surface area contributed by atoms with Crippen LogP contribution in [-0.4, -0.2) is 50.5 Å². The Morgan fingerprint density at radius 3 is 2.48 bits per heavy atom. The van der Waals surface area contributed by atoms with Gasteiger partial charge in [-0.15, -0.1) is 5.10 Å². The Balaban J connectivity index is 2.12. The van der Waals surface area contributed by atoms with Crippen molar-refractivity contribution in [3.8, 4) is 17.1 Å². The molecule has 27 heavy (non-hydrogen) atoms. The summed E-state index contributed by atoms with van der Waals surface area (Å²) in [6.45, 7) is -0.154. The number of likely N-dealkylation sites (N-methyl/N-ethyl adjacent to an activating group) is 1. The topological polar surface area (TPSA) is 80.4 Å². The van der Waals surface area contributed by atoms with Gasteiger partial charge >= 0.3 is 5.69 Å². The van der Waals surface area contributed by atoms with E-state index >= 15 is 0 Å². The van der Waals surface area contributed by atoms with E-state index in [-0.39, 0.29) is 25.6 Å². The molecule has 0 unspecified atom stereocenters. The van der Waals surface area contributed by atoms with Gasteiger partial charge in [0.05, 0.1) is 17.3 Å². The molecule has 140 valence electrons. The van der Waals surface area contributed by atoms with E-state index < -0.39 is 5.69 Å². The molecule has 0 atom stereocenters. The van der Waals surface area contributed by atoms with Gasteiger partial charge in [-0.05, 0) is 12.1 Å². The van der Waals surface area contributed by atoms with Gasteiger partial charge in [-0.2, -0.15) is 4.68 Å². The number of amides is 1. The number of nitrogens with zero attached hydrogens (tertiary/aromatic N) is 4. The van der Waals surface area contributed by atoms with Gasteiger partial charge in [0, 0.05) is 19.2 Å². The number of rotatable bonds is 6. The number of carbonyl (C=O) groups is 1. The zero-order chi connectivity index (χ0) is 19.4. The Kier molecular flexibility index (Phi) is 5.73. The molecule has 0 fully saturated rings. The molecule has 0 spiro atoms. The van der Waals surface area contributed by atoms with Crippen LogP contribution in [0.4, 0.5) is 0 Å². The van der Waals surface area contributed by atoms with Crippen LogP contribution in [0.1, 0.15) is 0 Å². The lowest BCUT2D eigenvalue weighted by Gasteiger charge is -2.16. The van der Waals surface area contributed by atoms with Crippen LogP contribution in [0.5, 0.6) is 0 Å². The number of para-hydroxylation sites is 1. The van der Waals surface area contributed by atoms with Crippen LogP contribution < -0.4 is 5.69 Å². The van der Waals surface area contributed by atoms with E-state index in [2.05, 4.69) is 5.10 Å². The molecule has 0 bridgehead atoms. The molecule has 0 aliphatic carbocycles. The average Bonchev–Trinajstić information content (AvgIpc) is 2.99. The smallest absolute Gasteiger partial charge is 0.351 e. The second-order valence-corrected chi connectivity index (χ2v) is 6.37. The number of hydrogen-bond acceptors (Lipinski definition) is 4. The number of aliphatic hydroxyl groups excluding tert-OH is 1. The number of benzene rings is 2. The summed E-state index contributed by atoms with van der Waals surface area (Å²) in [5.74, 6) is 0.0632. The van der Waals surface area contributed by atoms with Crippen molar-refractivity contribution in [2.45, 2.75) is 6.54 Å². The van der Waals surface area contributed by atoms with Crippen molar-refractivity contribution in [1.82, 2.24) is 19.2 Å². The minimum Gasteiger partial charge on any atom is -0.395 e. The molecule has 0 aliphatic rings. The highest BCUT2D eigenvalue weighted by molar-refractivity contribution is 6.32. The summed E-state index contributed by atoms with van der Waals surface area (Å²) >= 11 is 6.22. The minimum atomic E-state index is -0.465. The van der Waals surface area contributed by atoms with Gasteiger partial charge in [-0.1, -0.05) is 54.1 Å². The minimum absolute atomic E-state index is 0.151. The quantitative estimate of drug-likeness (QED) is 0.700. The second kappa shape index (κ2) is 8.20. The number of halogens is 1. The lowest BCUT2D eigenvalue weighted by Crippen LogP contribution is -2.36. The molecular weight excluding hydrogens is 368 g/mol. The fourth-order valence-corrected chi connectivity index (χ4v) is 2.87. The monoisotopic (exact) mass is 386 g/mol. The van der Waals surface area contributed by atoms with Crippen LogP contribution in [0.3, 0.4) is 0 Å². The van der Waals surface area contributed by atoms with Crippen molar-refractivity contribution in [3.05, 3.63) is 70.1 Å². The summed E-state index contributed by atoms with van der Waals surface area (Å²) in [7, 11) is 1.57. The summed E-state index contributed by atoms with van der Waals surface area (Å²) < 4.78 is 2.51. The molecule has 7 nitrogen and oxygen atoms in total. The highest BCUT2D eigenvalue weighted by Gasteiger charge is 2.20. The van der Waals surface area contributed by atoms with E-state index in [1.807, 2.05) is 30.3 Å². The van der Waals surface area contributed by atoms with Crippen LogP contribution in [0.15, 0.2) is 59.4 Å². The molecule has 1 amide bonds. The Bertz CT molecular complexity index is 998. The Morgan fingerprint density at radius 2 is 1.81 bits per heavy atom. The van der Waals surface area contributed by atoms with Crippen LogP contribution in [0.25, 0.3) is 17.1 Å². The number of aromatic nitrogens is 3. The number of hydrogen-bond donors (Lipinski definition) is 1. The highest BCUT2D eigenvalue weighted by atomic mass is 35.5. The zero-order valence-corrected chi connectivity index (χ0v) is 15.5. The SMILES string of the molecule is CN(CCO)C(=O)Cn1c(-c2ccccc2)nn(-c2ccccc2Cl)c1=O. The molecule has 0 aliphatic heterocycles. The molecule has 1 N–H and O–H groups in total. The lowest BCUT2D eigenvalue weighted by molar-refractivity contribution is -0.131. The summed E-state index contributed by atoms with van der Waals surface area (Å²) in [4.78, 5) is 26.8. The fourth-order valence-electron chi connectivity index (χ4n) is 2.65. The molecule has 1 heterocycles. The normalized spacial score (nSPS) is 10.8. The first-order chi connectivity index (χ1) is 13.0. The van der Waals surface area contributed by atoms with E-state index in [1.54, 1.807) is 31.3 Å². The summed E-state index contributed by atoms with van der Waals surface area (Å²) in [5, 5.41) is 13.8. The molecule has 3 rings (SSSR count). The predicted molar refractivity (Wildman–Crippen MR) is 103 cm³/mol. The fraction of sp³-hybridized carbons (Fsp3) is 0.211. The first-order valence-electron chi connectivity index (χ1n) is 8.38. The molecule has 3 aromatic rings. The van der Waals surface area contributed by atoms with Crippen molar-refractivity contribution in [2.24, 2.45) is 0 Å². The van der Waals surface area contributed by atoms with E-state index in [0.717, 1.165) is 0 Å². The summed E-state index contributed by atoms with van der Waals surface area (Å²) in [5.41, 5.74) is 0.682. The zero-order valence-electron chi connectivity index (χ0n) is 14.7. The maximum absolute atomic E-state index is 13.0. The molecule has 2 aromatic carbocycles. The first kappa shape index (κ1) is 18.9. The third-order valence-corrected chi connectivity index (χ3v) is 4.45. The molecule has 0 radical (unpaired) electrons. The van der Waals surface area contributed by atoms with Crippen molar-refractivity contribution in [1.29, 1.82) is 0 Å². The van der Waals surface area contributed by atoms with Crippen molar-refractivity contribution >= 4 is 17.5 Å². The van der Waals surface area contributed by atoms with Gasteiger partial charge < -0.3 is 10.0 Å². The van der Waals surface area contributed by atoms with E-state index in [1.165, 1.54) is 14.1 Å². The molecule has 0 saturated carbocycles.